The van der Waals surface area contributed by atoms with Crippen LogP contribution < -0.4 is 9.80 Å². The van der Waals surface area contributed by atoms with Crippen LogP contribution in [0.5, 0.6) is 0 Å². The first-order chi connectivity index (χ1) is 20.4. The van der Waals surface area contributed by atoms with Crippen LogP contribution in [-0.2, 0) is 14.4 Å². The van der Waals surface area contributed by atoms with Gasteiger partial charge in [0.1, 0.15) is 11.5 Å². The number of hydrogen-bond acceptors (Lipinski definition) is 6. The molecule has 0 radical (unpaired) electrons. The summed E-state index contributed by atoms with van der Waals surface area (Å²) in [6, 6.07) is 11.0. The Morgan fingerprint density at radius 3 is 2.50 bits per heavy atom. The number of hydrogen-bond donors (Lipinski definition) is 1. The third-order valence-electron chi connectivity index (χ3n) is 8.76. The highest BCUT2D eigenvalue weighted by atomic mass is 32.1. The van der Waals surface area contributed by atoms with Gasteiger partial charge in [-0.2, -0.15) is 4.39 Å². The van der Waals surface area contributed by atoms with Crippen molar-refractivity contribution in [3.05, 3.63) is 59.9 Å². The van der Waals surface area contributed by atoms with Crippen molar-refractivity contribution < 1.29 is 23.9 Å². The third kappa shape index (κ3) is 5.60. The largest absolute Gasteiger partial charge is 0.481 e. The van der Waals surface area contributed by atoms with Crippen LogP contribution >= 0.6 is 11.3 Å². The number of carbonyl (C=O) groups is 3. The lowest BCUT2D eigenvalue weighted by Gasteiger charge is -2.34. The number of carboxylic acid groups (broad SMARTS) is 1. The maximum absolute atomic E-state index is 15.6. The molecule has 3 aliphatic rings. The highest BCUT2D eigenvalue weighted by Gasteiger charge is 2.40. The summed E-state index contributed by atoms with van der Waals surface area (Å²) in [5, 5.41) is 9.40. The molecule has 1 aliphatic carbocycles. The van der Waals surface area contributed by atoms with Crippen LogP contribution in [0.2, 0.25) is 0 Å². The van der Waals surface area contributed by atoms with Crippen LogP contribution in [0.1, 0.15) is 51.4 Å². The zero-order valence-electron chi connectivity index (χ0n) is 23.2. The second kappa shape index (κ2) is 12.1. The van der Waals surface area contributed by atoms with Crippen molar-refractivity contribution in [1.29, 1.82) is 0 Å². The summed E-state index contributed by atoms with van der Waals surface area (Å²) in [5.74, 6) is -1.10. The van der Waals surface area contributed by atoms with Gasteiger partial charge in [0, 0.05) is 36.8 Å². The highest BCUT2D eigenvalue weighted by molar-refractivity contribution is 7.14. The van der Waals surface area contributed by atoms with E-state index in [1.165, 1.54) is 4.90 Å². The molecule has 8 nitrogen and oxygen atoms in total. The van der Waals surface area contributed by atoms with Crippen molar-refractivity contribution in [2.45, 2.75) is 51.4 Å². The van der Waals surface area contributed by atoms with E-state index in [9.17, 15) is 19.5 Å². The Hall–Kier alpha value is -3.92. The number of anilines is 2. The molecule has 1 N–H and O–H groups in total. The number of thiazole rings is 1. The summed E-state index contributed by atoms with van der Waals surface area (Å²) in [6.07, 6.45) is 11.6. The molecule has 2 amide bonds. The molecular formula is C32H33FN4O4S. The minimum absolute atomic E-state index is 0.0569. The SMILES string of the molecule is O=C(O)CC1C(=O)N(c2nc(-c3ccccc3-c3ccc(N4CCCC4=O)nc3)c(F)s2)CC=CCC1C1CCCC1. The number of benzene rings is 1. The van der Waals surface area contributed by atoms with Gasteiger partial charge in [0.2, 0.25) is 16.9 Å². The van der Waals surface area contributed by atoms with Crippen molar-refractivity contribution in [2.75, 3.05) is 22.9 Å². The molecule has 3 aromatic rings. The molecule has 2 atom stereocenters. The van der Waals surface area contributed by atoms with E-state index < -0.39 is 17.0 Å². The van der Waals surface area contributed by atoms with Gasteiger partial charge in [-0.1, -0.05) is 73.4 Å². The lowest BCUT2D eigenvalue weighted by molar-refractivity contribution is -0.142. The van der Waals surface area contributed by atoms with Gasteiger partial charge in [-0.15, -0.1) is 0 Å². The second-order valence-electron chi connectivity index (χ2n) is 11.3. The van der Waals surface area contributed by atoms with Crippen LogP contribution in [0.15, 0.2) is 54.7 Å². The van der Waals surface area contributed by atoms with Crippen molar-refractivity contribution in [2.24, 2.45) is 17.8 Å². The molecule has 2 aliphatic heterocycles. The van der Waals surface area contributed by atoms with Gasteiger partial charge in [-0.05, 0) is 42.4 Å². The minimum Gasteiger partial charge on any atom is -0.481 e. The monoisotopic (exact) mass is 588 g/mol. The Bertz CT molecular complexity index is 1510. The molecule has 0 bridgehead atoms. The number of aromatic nitrogens is 2. The molecular weight excluding hydrogens is 555 g/mol. The molecule has 42 heavy (non-hydrogen) atoms. The number of allylic oxidation sites excluding steroid dienone is 1. The summed E-state index contributed by atoms with van der Waals surface area (Å²) in [4.78, 5) is 50.2. The van der Waals surface area contributed by atoms with Crippen molar-refractivity contribution >= 4 is 40.1 Å². The average Bonchev–Trinajstić information content (AvgIpc) is 3.75. The molecule has 1 aromatic carbocycles. The highest BCUT2D eigenvalue weighted by Crippen LogP contribution is 2.42. The van der Waals surface area contributed by atoms with E-state index in [2.05, 4.69) is 9.97 Å². The normalized spacial score (nSPS) is 21.6. The molecule has 1 saturated heterocycles. The first-order valence-corrected chi connectivity index (χ1v) is 15.4. The van der Waals surface area contributed by atoms with E-state index in [4.69, 9.17) is 0 Å². The van der Waals surface area contributed by atoms with Crippen molar-refractivity contribution in [3.8, 4) is 22.4 Å². The van der Waals surface area contributed by atoms with Crippen LogP contribution in [0.25, 0.3) is 22.4 Å². The first-order valence-electron chi connectivity index (χ1n) is 14.6. The van der Waals surface area contributed by atoms with Crippen LogP contribution in [0.3, 0.4) is 0 Å². The van der Waals surface area contributed by atoms with Gasteiger partial charge in [-0.25, -0.2) is 9.97 Å². The maximum atomic E-state index is 15.6. The van der Waals surface area contributed by atoms with Crippen molar-refractivity contribution in [1.82, 2.24) is 9.97 Å². The first kappa shape index (κ1) is 28.2. The maximum Gasteiger partial charge on any atom is 0.304 e. The Labute approximate surface area is 247 Å². The van der Waals surface area contributed by atoms with Gasteiger partial charge < -0.3 is 5.11 Å². The number of rotatable bonds is 7. The third-order valence-corrected chi connectivity index (χ3v) is 9.63. The van der Waals surface area contributed by atoms with E-state index in [1.54, 1.807) is 29.3 Å². The van der Waals surface area contributed by atoms with Crippen LogP contribution in [0, 0.1) is 22.9 Å². The molecule has 6 rings (SSSR count). The van der Waals surface area contributed by atoms with Crippen molar-refractivity contribution in [3.63, 3.8) is 0 Å². The summed E-state index contributed by atoms with van der Waals surface area (Å²) in [5.41, 5.74) is 2.17. The van der Waals surface area contributed by atoms with Gasteiger partial charge >= 0.3 is 5.97 Å². The van der Waals surface area contributed by atoms with Crippen LogP contribution in [0.4, 0.5) is 15.3 Å². The number of amides is 2. The summed E-state index contributed by atoms with van der Waals surface area (Å²) < 4.78 is 15.6. The lowest BCUT2D eigenvalue weighted by atomic mass is 9.75. The molecule has 2 unspecified atom stereocenters. The Morgan fingerprint density at radius 1 is 1.02 bits per heavy atom. The lowest BCUT2D eigenvalue weighted by Crippen LogP contribution is -2.43. The van der Waals surface area contributed by atoms with E-state index in [0.29, 0.717) is 36.7 Å². The van der Waals surface area contributed by atoms with E-state index in [1.807, 2.05) is 30.4 Å². The molecule has 0 spiro atoms. The molecule has 1 saturated carbocycles. The van der Waals surface area contributed by atoms with E-state index in [0.717, 1.165) is 54.6 Å². The molecule has 10 heteroatoms. The number of aliphatic carboxylic acids is 1. The molecule has 218 valence electrons. The molecule has 2 fully saturated rings. The summed E-state index contributed by atoms with van der Waals surface area (Å²) in [6.45, 7) is 0.856. The number of carboxylic acids is 1. The zero-order valence-corrected chi connectivity index (χ0v) is 24.1. The zero-order chi connectivity index (χ0) is 29.2. The van der Waals surface area contributed by atoms with Gasteiger partial charge in [0.25, 0.3) is 0 Å². The van der Waals surface area contributed by atoms with E-state index in [-0.39, 0.29) is 41.5 Å². The smallest absolute Gasteiger partial charge is 0.304 e. The fraction of sp³-hybridized carbons (Fsp3) is 0.406. The predicted octanol–water partition coefficient (Wildman–Crippen LogP) is 6.33. The Balaban J connectivity index is 1.32. The quantitative estimate of drug-likeness (QED) is 0.324. The number of halogens is 1. The number of carbonyl (C=O) groups excluding carboxylic acids is 2. The van der Waals surface area contributed by atoms with E-state index >= 15 is 4.39 Å². The second-order valence-corrected chi connectivity index (χ2v) is 12.2. The Morgan fingerprint density at radius 2 is 1.81 bits per heavy atom. The predicted molar refractivity (Wildman–Crippen MR) is 160 cm³/mol. The average molecular weight is 589 g/mol. The number of pyridine rings is 1. The summed E-state index contributed by atoms with van der Waals surface area (Å²) in [7, 11) is 0. The summed E-state index contributed by atoms with van der Waals surface area (Å²) >= 11 is 0.800. The van der Waals surface area contributed by atoms with Crippen LogP contribution in [-0.4, -0.2) is 45.9 Å². The fourth-order valence-electron chi connectivity index (χ4n) is 6.69. The van der Waals surface area contributed by atoms with Gasteiger partial charge in [0.15, 0.2) is 5.13 Å². The molecule has 2 aromatic heterocycles. The fourth-order valence-corrected chi connectivity index (χ4v) is 7.51. The minimum atomic E-state index is -1.01. The Kier molecular flexibility index (Phi) is 8.15. The molecule has 4 heterocycles. The standard InChI is InChI=1S/C32H33FN4O4S/c33-30-29(24-12-4-3-10-23(24)21-14-15-26(34-19-21)36-17-7-13-27(36)38)35-32(42-30)37-16-6-5-11-22(20-8-1-2-9-20)25(31(37)41)18-28(39)40/h3-6,10,12,14-15,19-20,22,25H,1-2,7-9,11,13,16-18H2,(H,39,40). The number of nitrogens with zero attached hydrogens (tertiary/aromatic N) is 4. The van der Waals surface area contributed by atoms with Gasteiger partial charge in [-0.3, -0.25) is 24.2 Å². The topological polar surface area (TPSA) is 104 Å². The van der Waals surface area contributed by atoms with Gasteiger partial charge in [0.05, 0.1) is 12.3 Å².